The molecular formula is C16H30N2. The molecule has 104 valence electrons. The van der Waals surface area contributed by atoms with E-state index < -0.39 is 0 Å². The summed E-state index contributed by atoms with van der Waals surface area (Å²) < 4.78 is 0. The van der Waals surface area contributed by atoms with Crippen molar-refractivity contribution in [3.63, 3.8) is 0 Å². The van der Waals surface area contributed by atoms with Crippen LogP contribution in [0.2, 0.25) is 0 Å². The highest BCUT2D eigenvalue weighted by molar-refractivity contribution is 4.72. The largest absolute Gasteiger partial charge is 0.191 e. The summed E-state index contributed by atoms with van der Waals surface area (Å²) in [5.41, 5.74) is 0. The van der Waals surface area contributed by atoms with E-state index in [1.54, 1.807) is 0 Å². The third-order valence-electron chi connectivity index (χ3n) is 4.54. The van der Waals surface area contributed by atoms with E-state index >= 15 is 0 Å². The summed E-state index contributed by atoms with van der Waals surface area (Å²) >= 11 is 0. The van der Waals surface area contributed by atoms with Gasteiger partial charge in [0.2, 0.25) is 0 Å². The zero-order valence-electron chi connectivity index (χ0n) is 11.9. The first kappa shape index (κ1) is 14.0. The van der Waals surface area contributed by atoms with Gasteiger partial charge in [-0.05, 0) is 25.7 Å². The van der Waals surface area contributed by atoms with Crippen LogP contribution in [0.1, 0.15) is 89.9 Å². The Kier molecular flexibility index (Phi) is 6.74. The van der Waals surface area contributed by atoms with E-state index in [9.17, 15) is 0 Å². The molecule has 0 saturated heterocycles. The molecule has 2 saturated carbocycles. The molecule has 0 radical (unpaired) electrons. The molecule has 2 rings (SSSR count). The predicted molar refractivity (Wildman–Crippen MR) is 77.1 cm³/mol. The summed E-state index contributed by atoms with van der Waals surface area (Å²) in [6.07, 6.45) is 19.2. The maximum absolute atomic E-state index is 4.71. The van der Waals surface area contributed by atoms with E-state index in [4.69, 9.17) is 10.2 Å². The predicted octanol–water partition coefficient (Wildman–Crippen LogP) is 5.66. The van der Waals surface area contributed by atoms with E-state index in [0.29, 0.717) is 12.1 Å². The van der Waals surface area contributed by atoms with Crippen LogP contribution in [-0.4, -0.2) is 12.1 Å². The molecule has 0 heterocycles. The van der Waals surface area contributed by atoms with Crippen LogP contribution in [0.3, 0.4) is 0 Å². The summed E-state index contributed by atoms with van der Waals surface area (Å²) in [5.74, 6) is 0. The van der Waals surface area contributed by atoms with Gasteiger partial charge in [0.1, 0.15) is 0 Å². The minimum absolute atomic E-state index is 0.552. The molecule has 0 aromatic carbocycles. The molecule has 2 fully saturated rings. The first-order chi connectivity index (χ1) is 8.95. The van der Waals surface area contributed by atoms with Crippen LogP contribution in [0, 0.1) is 0 Å². The van der Waals surface area contributed by atoms with Gasteiger partial charge in [-0.1, -0.05) is 64.2 Å². The highest BCUT2D eigenvalue weighted by Crippen LogP contribution is 2.23. The Hall–Kier alpha value is -0.400. The van der Waals surface area contributed by atoms with Crippen molar-refractivity contribution in [3.05, 3.63) is 0 Å². The van der Waals surface area contributed by atoms with Gasteiger partial charge in [0.05, 0.1) is 12.1 Å². The Balaban J connectivity index is 1.75. The molecule has 2 nitrogen and oxygen atoms in total. The Morgan fingerprint density at radius 3 is 1.00 bits per heavy atom. The van der Waals surface area contributed by atoms with E-state index in [1.165, 1.54) is 89.9 Å². The lowest BCUT2D eigenvalue weighted by Gasteiger charge is -2.18. The standard InChI is InChI=1S/C16H30N2/c1-3-7-11-15(12-8-4-1)17-18-16-13-9-5-2-6-10-14-16/h15-16H,1-14H2. The van der Waals surface area contributed by atoms with Gasteiger partial charge in [-0.15, -0.1) is 0 Å². The van der Waals surface area contributed by atoms with Crippen molar-refractivity contribution in [1.29, 1.82) is 0 Å². The zero-order chi connectivity index (χ0) is 12.5. The SMILES string of the molecule is C1CCCC(N=NC2CCCCCCC2)CCC1. The highest BCUT2D eigenvalue weighted by atomic mass is 15.1. The normalized spacial score (nSPS) is 26.4. The third kappa shape index (κ3) is 5.49. The second-order valence-electron chi connectivity index (χ2n) is 6.23. The average molecular weight is 250 g/mol. The van der Waals surface area contributed by atoms with Crippen molar-refractivity contribution in [1.82, 2.24) is 0 Å². The number of rotatable bonds is 2. The van der Waals surface area contributed by atoms with Crippen molar-refractivity contribution in [2.24, 2.45) is 10.2 Å². The van der Waals surface area contributed by atoms with Gasteiger partial charge in [0, 0.05) is 0 Å². The molecule has 0 spiro atoms. The maximum atomic E-state index is 4.71. The molecule has 0 aromatic heterocycles. The van der Waals surface area contributed by atoms with Gasteiger partial charge in [0.25, 0.3) is 0 Å². The fourth-order valence-corrected chi connectivity index (χ4v) is 3.29. The summed E-state index contributed by atoms with van der Waals surface area (Å²) in [6, 6.07) is 1.10. The molecule has 2 aliphatic carbocycles. The monoisotopic (exact) mass is 250 g/mol. The summed E-state index contributed by atoms with van der Waals surface area (Å²) in [6.45, 7) is 0. The highest BCUT2D eigenvalue weighted by Gasteiger charge is 2.13. The third-order valence-corrected chi connectivity index (χ3v) is 4.54. The van der Waals surface area contributed by atoms with Gasteiger partial charge in [-0.3, -0.25) is 0 Å². The van der Waals surface area contributed by atoms with Crippen molar-refractivity contribution in [2.45, 2.75) is 102 Å². The summed E-state index contributed by atoms with van der Waals surface area (Å²) in [4.78, 5) is 0. The Bertz CT molecular complexity index is 197. The molecule has 0 unspecified atom stereocenters. The first-order valence-corrected chi connectivity index (χ1v) is 8.35. The smallest absolute Gasteiger partial charge is 0.0708 e. The molecule has 0 N–H and O–H groups in total. The van der Waals surface area contributed by atoms with E-state index in [1.807, 2.05) is 0 Å². The summed E-state index contributed by atoms with van der Waals surface area (Å²) in [5, 5.41) is 9.41. The van der Waals surface area contributed by atoms with E-state index in [-0.39, 0.29) is 0 Å². The van der Waals surface area contributed by atoms with Crippen LogP contribution >= 0.6 is 0 Å². The van der Waals surface area contributed by atoms with Crippen LogP contribution in [0.4, 0.5) is 0 Å². The van der Waals surface area contributed by atoms with Gasteiger partial charge in [-0.25, -0.2) is 0 Å². The topological polar surface area (TPSA) is 24.7 Å². The molecule has 0 aromatic rings. The zero-order valence-corrected chi connectivity index (χ0v) is 11.9. The fourth-order valence-electron chi connectivity index (χ4n) is 3.29. The minimum Gasteiger partial charge on any atom is -0.191 e. The second kappa shape index (κ2) is 8.66. The van der Waals surface area contributed by atoms with Gasteiger partial charge >= 0.3 is 0 Å². The molecule has 0 aliphatic heterocycles. The van der Waals surface area contributed by atoms with Crippen molar-refractivity contribution >= 4 is 0 Å². The number of hydrogen-bond acceptors (Lipinski definition) is 2. The first-order valence-electron chi connectivity index (χ1n) is 8.35. The second-order valence-corrected chi connectivity index (χ2v) is 6.23. The van der Waals surface area contributed by atoms with Crippen LogP contribution < -0.4 is 0 Å². The van der Waals surface area contributed by atoms with Crippen LogP contribution in [0.5, 0.6) is 0 Å². The van der Waals surface area contributed by atoms with Crippen molar-refractivity contribution in [3.8, 4) is 0 Å². The Morgan fingerprint density at radius 2 is 0.667 bits per heavy atom. The van der Waals surface area contributed by atoms with Crippen LogP contribution in [0.25, 0.3) is 0 Å². The minimum atomic E-state index is 0.552. The van der Waals surface area contributed by atoms with Crippen LogP contribution in [0.15, 0.2) is 10.2 Å². The Labute approximate surface area is 113 Å². The molecule has 0 atom stereocenters. The maximum Gasteiger partial charge on any atom is 0.0708 e. The van der Waals surface area contributed by atoms with Crippen molar-refractivity contribution in [2.75, 3.05) is 0 Å². The van der Waals surface area contributed by atoms with Crippen molar-refractivity contribution < 1.29 is 0 Å². The quantitative estimate of drug-likeness (QED) is 0.565. The number of azo groups is 1. The molecule has 0 amide bonds. The van der Waals surface area contributed by atoms with E-state index in [2.05, 4.69) is 0 Å². The molecule has 18 heavy (non-hydrogen) atoms. The molecule has 2 heteroatoms. The summed E-state index contributed by atoms with van der Waals surface area (Å²) in [7, 11) is 0. The lowest BCUT2D eigenvalue weighted by molar-refractivity contribution is 0.407. The Morgan fingerprint density at radius 1 is 0.389 bits per heavy atom. The lowest BCUT2D eigenvalue weighted by Crippen LogP contribution is -2.10. The number of hydrogen-bond donors (Lipinski definition) is 0. The van der Waals surface area contributed by atoms with Crippen LogP contribution in [-0.2, 0) is 0 Å². The van der Waals surface area contributed by atoms with E-state index in [0.717, 1.165) is 0 Å². The lowest BCUT2D eigenvalue weighted by atomic mass is 9.97. The number of nitrogens with zero attached hydrogens (tertiary/aromatic N) is 2. The fraction of sp³-hybridized carbons (Fsp3) is 1.00. The van der Waals surface area contributed by atoms with Gasteiger partial charge in [0.15, 0.2) is 0 Å². The van der Waals surface area contributed by atoms with Gasteiger partial charge in [-0.2, -0.15) is 10.2 Å². The van der Waals surface area contributed by atoms with Gasteiger partial charge < -0.3 is 0 Å². The average Bonchev–Trinajstić information content (AvgIpc) is 2.29. The molecular weight excluding hydrogens is 220 g/mol. The molecule has 2 aliphatic rings. The molecule has 0 bridgehead atoms.